The van der Waals surface area contributed by atoms with Crippen LogP contribution in [-0.4, -0.2) is 24.8 Å². The molecule has 0 radical (unpaired) electrons. The van der Waals surface area contributed by atoms with E-state index in [1.165, 1.54) is 23.2 Å². The summed E-state index contributed by atoms with van der Waals surface area (Å²) >= 11 is 0. The number of aliphatic hydroxyl groups excluding tert-OH is 1. The van der Waals surface area contributed by atoms with Crippen molar-refractivity contribution in [3.8, 4) is 0 Å². The van der Waals surface area contributed by atoms with Crippen LogP contribution in [0, 0.1) is 25.2 Å². The van der Waals surface area contributed by atoms with Gasteiger partial charge in [-0.25, -0.2) is 0 Å². The fourth-order valence-electron chi connectivity index (χ4n) is 3.46. The van der Waals surface area contributed by atoms with E-state index in [4.69, 9.17) is 0 Å². The predicted molar refractivity (Wildman–Crippen MR) is 81.7 cm³/mol. The largest absolute Gasteiger partial charge is 0.396 e. The van der Waals surface area contributed by atoms with Crippen molar-refractivity contribution in [3.05, 3.63) is 29.3 Å². The normalized spacial score (nSPS) is 22.6. The fraction of sp³-hybridized carbons (Fsp3) is 0.647. The van der Waals surface area contributed by atoms with Gasteiger partial charge in [0.25, 0.3) is 0 Å². The number of hydrogen-bond donors (Lipinski definition) is 1. The minimum atomic E-state index is 0.276. The second-order valence-electron chi connectivity index (χ2n) is 6.70. The monoisotopic (exact) mass is 261 g/mol. The predicted octanol–water partition coefficient (Wildman–Crippen LogP) is 3.54. The smallest absolute Gasteiger partial charge is 0.0433 e. The minimum absolute atomic E-state index is 0.276. The van der Waals surface area contributed by atoms with Gasteiger partial charge in [0, 0.05) is 25.4 Å². The van der Waals surface area contributed by atoms with Crippen LogP contribution in [-0.2, 0) is 0 Å². The summed E-state index contributed by atoms with van der Waals surface area (Å²) in [6.07, 6.45) is 2.12. The lowest BCUT2D eigenvalue weighted by Crippen LogP contribution is -2.46. The summed E-state index contributed by atoms with van der Waals surface area (Å²) < 4.78 is 0. The zero-order chi connectivity index (χ0) is 14.0. The second-order valence-corrected chi connectivity index (χ2v) is 6.70. The van der Waals surface area contributed by atoms with Gasteiger partial charge in [0.15, 0.2) is 0 Å². The third kappa shape index (κ3) is 3.11. The highest BCUT2D eigenvalue weighted by Gasteiger charge is 2.35. The van der Waals surface area contributed by atoms with E-state index in [0.29, 0.717) is 12.5 Å². The molecule has 2 nitrogen and oxygen atoms in total. The Labute approximate surface area is 117 Å². The van der Waals surface area contributed by atoms with Gasteiger partial charge in [-0.05, 0) is 49.7 Å². The molecular weight excluding hydrogens is 234 g/mol. The molecular formula is C17H27NO. The molecule has 1 N–H and O–H groups in total. The second kappa shape index (κ2) is 5.54. The van der Waals surface area contributed by atoms with Crippen molar-refractivity contribution in [1.29, 1.82) is 0 Å². The van der Waals surface area contributed by atoms with Crippen LogP contribution in [0.3, 0.4) is 0 Å². The van der Waals surface area contributed by atoms with Crippen molar-refractivity contribution in [2.75, 3.05) is 24.6 Å². The molecule has 1 fully saturated rings. The van der Waals surface area contributed by atoms with Crippen molar-refractivity contribution in [2.45, 2.75) is 40.5 Å². The number of aryl methyl sites for hydroxylation is 2. The van der Waals surface area contributed by atoms with Crippen LogP contribution in [0.15, 0.2) is 18.2 Å². The van der Waals surface area contributed by atoms with E-state index < -0.39 is 0 Å². The van der Waals surface area contributed by atoms with Crippen molar-refractivity contribution >= 4 is 5.69 Å². The van der Waals surface area contributed by atoms with Crippen molar-refractivity contribution < 1.29 is 5.11 Å². The molecule has 1 aliphatic heterocycles. The summed E-state index contributed by atoms with van der Waals surface area (Å²) in [5, 5.41) is 9.19. The van der Waals surface area contributed by atoms with E-state index in [9.17, 15) is 5.11 Å². The van der Waals surface area contributed by atoms with Gasteiger partial charge in [-0.2, -0.15) is 0 Å². The quantitative estimate of drug-likeness (QED) is 0.899. The van der Waals surface area contributed by atoms with E-state index >= 15 is 0 Å². The van der Waals surface area contributed by atoms with Crippen molar-refractivity contribution in [3.63, 3.8) is 0 Å². The molecule has 2 rings (SSSR count). The number of rotatable bonds is 3. The molecule has 1 saturated heterocycles. The number of anilines is 1. The Morgan fingerprint density at radius 2 is 2.05 bits per heavy atom. The molecule has 19 heavy (non-hydrogen) atoms. The van der Waals surface area contributed by atoms with Gasteiger partial charge in [0.05, 0.1) is 0 Å². The zero-order valence-corrected chi connectivity index (χ0v) is 12.7. The molecule has 0 bridgehead atoms. The average molecular weight is 261 g/mol. The van der Waals surface area contributed by atoms with E-state index in [0.717, 1.165) is 19.5 Å². The molecule has 0 spiro atoms. The molecule has 1 aromatic rings. The Balaban J connectivity index is 2.16. The molecule has 106 valence electrons. The molecule has 1 unspecified atom stereocenters. The summed E-state index contributed by atoms with van der Waals surface area (Å²) in [7, 11) is 0. The van der Waals surface area contributed by atoms with Crippen LogP contribution in [0.4, 0.5) is 5.69 Å². The summed E-state index contributed by atoms with van der Waals surface area (Å²) in [6.45, 7) is 11.5. The average Bonchev–Trinajstić information content (AvgIpc) is 2.31. The van der Waals surface area contributed by atoms with Gasteiger partial charge in [-0.15, -0.1) is 0 Å². The Morgan fingerprint density at radius 1 is 1.32 bits per heavy atom. The Bertz CT molecular complexity index is 439. The molecule has 0 amide bonds. The number of benzene rings is 1. The first-order chi connectivity index (χ1) is 8.94. The standard InChI is InChI=1S/C17H27NO/c1-13-5-6-16(14(2)11-13)18-9-7-15(8-10-19)17(3,4)12-18/h5-6,11,15,19H,7-10,12H2,1-4H3. The first-order valence-electron chi connectivity index (χ1n) is 7.37. The third-order valence-electron chi connectivity index (χ3n) is 4.62. The maximum atomic E-state index is 9.19. The minimum Gasteiger partial charge on any atom is -0.396 e. The van der Waals surface area contributed by atoms with Gasteiger partial charge in [0.2, 0.25) is 0 Å². The lowest BCUT2D eigenvalue weighted by molar-refractivity contribution is 0.134. The van der Waals surface area contributed by atoms with Gasteiger partial charge in [-0.1, -0.05) is 31.5 Å². The summed E-state index contributed by atoms with van der Waals surface area (Å²) in [5.74, 6) is 0.638. The van der Waals surface area contributed by atoms with Crippen molar-refractivity contribution in [2.24, 2.45) is 11.3 Å². The molecule has 0 saturated carbocycles. The van der Waals surface area contributed by atoms with Crippen LogP contribution < -0.4 is 4.90 Å². The lowest BCUT2D eigenvalue weighted by Gasteiger charge is -2.45. The van der Waals surface area contributed by atoms with Crippen LogP contribution >= 0.6 is 0 Å². The number of hydrogen-bond acceptors (Lipinski definition) is 2. The Morgan fingerprint density at radius 3 is 2.63 bits per heavy atom. The highest BCUT2D eigenvalue weighted by atomic mass is 16.3. The molecule has 1 aromatic carbocycles. The van der Waals surface area contributed by atoms with Gasteiger partial charge < -0.3 is 10.0 Å². The first-order valence-corrected chi connectivity index (χ1v) is 7.37. The molecule has 1 atom stereocenters. The maximum absolute atomic E-state index is 9.19. The van der Waals surface area contributed by atoms with Crippen LogP contribution in [0.25, 0.3) is 0 Å². The van der Waals surface area contributed by atoms with E-state index in [1.807, 2.05) is 0 Å². The summed E-state index contributed by atoms with van der Waals surface area (Å²) in [6, 6.07) is 6.73. The molecule has 1 aliphatic rings. The van der Waals surface area contributed by atoms with Gasteiger partial charge in [-0.3, -0.25) is 0 Å². The topological polar surface area (TPSA) is 23.5 Å². The van der Waals surface area contributed by atoms with Crippen molar-refractivity contribution in [1.82, 2.24) is 0 Å². The molecule has 0 aromatic heterocycles. The van der Waals surface area contributed by atoms with Crippen LogP contribution in [0.1, 0.15) is 37.8 Å². The van der Waals surface area contributed by atoms with E-state index in [1.54, 1.807) is 0 Å². The zero-order valence-electron chi connectivity index (χ0n) is 12.7. The van der Waals surface area contributed by atoms with E-state index in [-0.39, 0.29) is 5.41 Å². The first kappa shape index (κ1) is 14.4. The third-order valence-corrected chi connectivity index (χ3v) is 4.62. The highest BCUT2D eigenvalue weighted by molar-refractivity contribution is 5.54. The SMILES string of the molecule is Cc1ccc(N2CCC(CCO)C(C)(C)C2)c(C)c1. The van der Waals surface area contributed by atoms with E-state index in [2.05, 4.69) is 50.8 Å². The fourth-order valence-corrected chi connectivity index (χ4v) is 3.46. The molecule has 2 heteroatoms. The number of aliphatic hydroxyl groups is 1. The molecule has 1 heterocycles. The highest BCUT2D eigenvalue weighted by Crippen LogP contribution is 2.39. The molecule has 0 aliphatic carbocycles. The van der Waals surface area contributed by atoms with Crippen LogP contribution in [0.2, 0.25) is 0 Å². The number of nitrogens with zero attached hydrogens (tertiary/aromatic N) is 1. The summed E-state index contributed by atoms with van der Waals surface area (Å²) in [5.41, 5.74) is 4.35. The Kier molecular flexibility index (Phi) is 4.19. The lowest BCUT2D eigenvalue weighted by atomic mass is 9.72. The van der Waals surface area contributed by atoms with Gasteiger partial charge >= 0.3 is 0 Å². The van der Waals surface area contributed by atoms with Crippen LogP contribution in [0.5, 0.6) is 0 Å². The van der Waals surface area contributed by atoms with Gasteiger partial charge in [0.1, 0.15) is 0 Å². The maximum Gasteiger partial charge on any atom is 0.0433 e. The summed E-state index contributed by atoms with van der Waals surface area (Å²) in [4.78, 5) is 2.52. The number of piperidine rings is 1. The Hall–Kier alpha value is -1.02.